The summed E-state index contributed by atoms with van der Waals surface area (Å²) < 4.78 is 22.8. The van der Waals surface area contributed by atoms with Crippen molar-refractivity contribution in [2.24, 2.45) is 0 Å². The van der Waals surface area contributed by atoms with Gasteiger partial charge in [-0.15, -0.1) is 0 Å². The summed E-state index contributed by atoms with van der Waals surface area (Å²) in [6.07, 6.45) is 5.35. The third-order valence-electron chi connectivity index (χ3n) is 3.12. The van der Waals surface area contributed by atoms with Gasteiger partial charge in [0.05, 0.1) is 12.1 Å². The summed E-state index contributed by atoms with van der Waals surface area (Å²) in [4.78, 5) is 4.94. The van der Waals surface area contributed by atoms with E-state index in [4.69, 9.17) is 8.92 Å². The van der Waals surface area contributed by atoms with Crippen LogP contribution in [0.15, 0.2) is 47.2 Å². The summed E-state index contributed by atoms with van der Waals surface area (Å²) >= 11 is -1.46. The molecule has 19 heavy (non-hydrogen) atoms. The first kappa shape index (κ1) is 10.9. The Morgan fingerprint density at radius 2 is 2.16 bits per heavy atom. The van der Waals surface area contributed by atoms with Gasteiger partial charge in [-0.25, -0.2) is 4.21 Å². The predicted molar refractivity (Wildman–Crippen MR) is 72.5 cm³/mol. The molecule has 2 aliphatic rings. The van der Waals surface area contributed by atoms with E-state index in [1.54, 1.807) is 12.3 Å². The molecule has 0 fully saturated rings. The quantitative estimate of drug-likeness (QED) is 0.739. The zero-order valence-corrected chi connectivity index (χ0v) is 10.6. The average molecular weight is 271 g/mol. The van der Waals surface area contributed by atoms with Crippen LogP contribution in [0.3, 0.4) is 0 Å². The molecular weight excluding hydrogens is 262 g/mol. The predicted octanol–water partition coefficient (Wildman–Crippen LogP) is 2.55. The topological polar surface area (TPSA) is 48.4 Å². The molecular formula is C14H9NO3S. The van der Waals surface area contributed by atoms with Gasteiger partial charge in [0, 0.05) is 17.1 Å². The van der Waals surface area contributed by atoms with Crippen LogP contribution in [0.25, 0.3) is 17.0 Å². The Kier molecular flexibility index (Phi) is 2.30. The molecule has 0 aliphatic carbocycles. The summed E-state index contributed by atoms with van der Waals surface area (Å²) in [7, 11) is 0. The monoisotopic (exact) mass is 271 g/mol. The van der Waals surface area contributed by atoms with Crippen LogP contribution in [-0.4, -0.2) is 15.8 Å². The molecule has 94 valence electrons. The van der Waals surface area contributed by atoms with Gasteiger partial charge in [0.25, 0.3) is 0 Å². The van der Waals surface area contributed by atoms with Crippen molar-refractivity contribution in [2.75, 3.05) is 6.61 Å². The number of rotatable bonds is 0. The number of aromatic nitrogens is 1. The van der Waals surface area contributed by atoms with Gasteiger partial charge < -0.3 is 4.74 Å². The zero-order valence-electron chi connectivity index (χ0n) is 9.83. The summed E-state index contributed by atoms with van der Waals surface area (Å²) in [6, 6.07) is 7.80. The molecule has 1 aromatic carbocycles. The minimum absolute atomic E-state index is 0.303. The van der Waals surface area contributed by atoms with Crippen LogP contribution in [-0.2, 0) is 15.3 Å². The number of para-hydroxylation sites is 1. The summed E-state index contributed by atoms with van der Waals surface area (Å²) in [6.45, 7) is 0.303. The van der Waals surface area contributed by atoms with E-state index in [9.17, 15) is 4.21 Å². The highest BCUT2D eigenvalue weighted by Crippen LogP contribution is 2.38. The smallest absolute Gasteiger partial charge is 0.193 e. The maximum absolute atomic E-state index is 11.8. The van der Waals surface area contributed by atoms with E-state index < -0.39 is 11.1 Å². The van der Waals surface area contributed by atoms with E-state index in [2.05, 4.69) is 4.98 Å². The van der Waals surface area contributed by atoms with Crippen molar-refractivity contribution in [3.05, 3.63) is 52.8 Å². The molecule has 2 aromatic rings. The Hall–Kier alpha value is -1.98. The second-order valence-corrected chi connectivity index (χ2v) is 5.40. The highest BCUT2D eigenvalue weighted by molar-refractivity contribution is 7.84. The van der Waals surface area contributed by atoms with E-state index in [1.807, 2.05) is 30.3 Å². The minimum Gasteiger partial charge on any atom is -0.455 e. The fourth-order valence-electron chi connectivity index (χ4n) is 2.23. The van der Waals surface area contributed by atoms with Crippen molar-refractivity contribution in [1.29, 1.82) is 0 Å². The number of fused-ring (bicyclic) bond motifs is 4. The van der Waals surface area contributed by atoms with Gasteiger partial charge in [-0.05, 0) is 24.3 Å². The molecule has 2 aliphatic heterocycles. The van der Waals surface area contributed by atoms with Gasteiger partial charge in [-0.1, -0.05) is 12.1 Å². The van der Waals surface area contributed by atoms with E-state index in [0.29, 0.717) is 17.3 Å². The van der Waals surface area contributed by atoms with Crippen LogP contribution < -0.4 is 4.74 Å². The Bertz CT molecular complexity index is 779. The number of ether oxygens (including phenoxy) is 1. The molecule has 0 saturated heterocycles. The lowest BCUT2D eigenvalue weighted by Gasteiger charge is -2.23. The normalized spacial score (nSPS) is 20.9. The highest BCUT2D eigenvalue weighted by atomic mass is 32.2. The van der Waals surface area contributed by atoms with Crippen LogP contribution >= 0.6 is 0 Å². The molecule has 0 saturated carbocycles. The van der Waals surface area contributed by atoms with Crippen LogP contribution in [0.4, 0.5) is 0 Å². The van der Waals surface area contributed by atoms with Crippen LogP contribution in [0.1, 0.15) is 5.56 Å². The SMILES string of the molecule is O=S1OCC=C2Oc3c(cnc4ccccc34)C=C21. The fraction of sp³-hybridized carbons (Fsp3) is 0.0714. The molecule has 4 nitrogen and oxygen atoms in total. The van der Waals surface area contributed by atoms with E-state index in [-0.39, 0.29) is 0 Å². The van der Waals surface area contributed by atoms with Gasteiger partial charge in [0.15, 0.2) is 11.1 Å². The third kappa shape index (κ3) is 1.63. The molecule has 0 radical (unpaired) electrons. The van der Waals surface area contributed by atoms with Gasteiger partial charge in [-0.2, -0.15) is 0 Å². The first-order valence-electron chi connectivity index (χ1n) is 5.86. The number of pyridine rings is 1. The minimum atomic E-state index is -1.46. The van der Waals surface area contributed by atoms with Gasteiger partial charge in [-0.3, -0.25) is 9.17 Å². The molecule has 0 spiro atoms. The second kappa shape index (κ2) is 4.01. The van der Waals surface area contributed by atoms with E-state index in [0.717, 1.165) is 22.2 Å². The third-order valence-corrected chi connectivity index (χ3v) is 4.15. The molecule has 0 N–H and O–H groups in total. The summed E-state index contributed by atoms with van der Waals surface area (Å²) in [5, 5.41) is 0.952. The maximum atomic E-state index is 11.8. The highest BCUT2D eigenvalue weighted by Gasteiger charge is 2.26. The van der Waals surface area contributed by atoms with Gasteiger partial charge in [0.2, 0.25) is 0 Å². The van der Waals surface area contributed by atoms with Crippen molar-refractivity contribution >= 4 is 28.1 Å². The molecule has 0 bridgehead atoms. The van der Waals surface area contributed by atoms with Crippen molar-refractivity contribution in [1.82, 2.24) is 4.98 Å². The zero-order chi connectivity index (χ0) is 12.8. The van der Waals surface area contributed by atoms with Crippen LogP contribution in [0.2, 0.25) is 0 Å². The summed E-state index contributed by atoms with van der Waals surface area (Å²) in [5.74, 6) is 1.38. The Balaban J connectivity index is 2.01. The number of benzene rings is 1. The lowest BCUT2D eigenvalue weighted by molar-refractivity contribution is 0.365. The first-order valence-corrected chi connectivity index (χ1v) is 6.93. The lowest BCUT2D eigenvalue weighted by atomic mass is 10.1. The van der Waals surface area contributed by atoms with Gasteiger partial charge >= 0.3 is 0 Å². The van der Waals surface area contributed by atoms with E-state index in [1.165, 1.54) is 0 Å². The van der Waals surface area contributed by atoms with Crippen LogP contribution in [0, 0.1) is 0 Å². The Morgan fingerprint density at radius 1 is 1.26 bits per heavy atom. The molecule has 1 atom stereocenters. The number of nitrogens with zero attached hydrogens (tertiary/aromatic N) is 1. The van der Waals surface area contributed by atoms with Crippen molar-refractivity contribution < 1.29 is 13.1 Å². The Labute approximate surface area is 112 Å². The number of hydrogen-bond acceptors (Lipinski definition) is 4. The van der Waals surface area contributed by atoms with Crippen molar-refractivity contribution in [3.63, 3.8) is 0 Å². The van der Waals surface area contributed by atoms with E-state index >= 15 is 0 Å². The standard InChI is InChI=1S/C14H9NO3S/c16-19-13-7-9-8-15-11-4-2-1-3-10(11)14(9)18-12(13)5-6-17-19/h1-5,7-8H,6H2. The average Bonchev–Trinajstić information content (AvgIpc) is 2.46. The molecule has 3 heterocycles. The Morgan fingerprint density at radius 3 is 3.11 bits per heavy atom. The molecule has 5 heteroatoms. The molecule has 0 amide bonds. The van der Waals surface area contributed by atoms with Crippen LogP contribution in [0.5, 0.6) is 5.75 Å². The fourth-order valence-corrected chi connectivity index (χ4v) is 3.06. The van der Waals surface area contributed by atoms with Crippen molar-refractivity contribution in [2.45, 2.75) is 0 Å². The second-order valence-electron chi connectivity index (χ2n) is 4.26. The molecule has 1 unspecified atom stereocenters. The maximum Gasteiger partial charge on any atom is 0.193 e. The molecule has 4 rings (SSSR count). The largest absolute Gasteiger partial charge is 0.455 e. The number of hydrogen-bond donors (Lipinski definition) is 0. The summed E-state index contributed by atoms with van der Waals surface area (Å²) in [5.41, 5.74) is 1.71. The molecule has 1 aromatic heterocycles. The first-order chi connectivity index (χ1) is 9.33. The van der Waals surface area contributed by atoms with Gasteiger partial charge in [0.1, 0.15) is 16.4 Å². The lowest BCUT2D eigenvalue weighted by Crippen LogP contribution is -2.16. The van der Waals surface area contributed by atoms with Crippen molar-refractivity contribution in [3.8, 4) is 5.75 Å².